The van der Waals surface area contributed by atoms with Crippen LogP contribution in [0.5, 0.6) is 0 Å². The monoisotopic (exact) mass is 1300 g/mol. The van der Waals surface area contributed by atoms with Gasteiger partial charge >= 0.3 is 0 Å². The lowest BCUT2D eigenvalue weighted by Gasteiger charge is -2.28. The standard InChI is InChI=1S/C52H33NO.C46H29NO/c1-3-13-42-36(10-1)12-9-18-43(42)37-22-20-34(21-23-37)35-24-28-40(29-25-35)53(50-32-39-11-2-4-14-44(39)45-15-5-6-16-46(45)50)41-30-26-38-27-31-48-47-17-7-8-19-51(47)54-52(48)49(38)33-41;1-3-11-38-30(8-1)10-7-14-40(38)32-18-22-35(23-19-32)47(36-25-27-41-34(28-36)17-16-31-9-2-4-12-39(31)41)37-24-20-33-21-26-43-42-13-5-6-15-45(42)48-46(43)44(33)29-37/h1-33H;1-29H. The van der Waals surface area contributed by atoms with Crippen molar-refractivity contribution in [3.8, 4) is 33.4 Å². The van der Waals surface area contributed by atoms with Gasteiger partial charge in [-0.1, -0.05) is 285 Å². The topological polar surface area (TPSA) is 32.8 Å². The second kappa shape index (κ2) is 24.2. The number of hydrogen-bond donors (Lipinski definition) is 0. The summed E-state index contributed by atoms with van der Waals surface area (Å²) in [7, 11) is 0. The normalized spacial score (nSPS) is 11.7. The first-order valence-corrected chi connectivity index (χ1v) is 34.9. The molecule has 0 saturated carbocycles. The van der Waals surface area contributed by atoms with Crippen LogP contribution in [0.1, 0.15) is 0 Å². The minimum atomic E-state index is 0.906. The third-order valence-corrected chi connectivity index (χ3v) is 20.9. The quantitative estimate of drug-likeness (QED) is 0.135. The number of para-hydroxylation sites is 2. The van der Waals surface area contributed by atoms with Gasteiger partial charge in [0.2, 0.25) is 0 Å². The maximum atomic E-state index is 6.54. The number of hydrogen-bond acceptors (Lipinski definition) is 4. The third-order valence-electron chi connectivity index (χ3n) is 20.9. The molecule has 0 aliphatic rings. The molecule has 0 bridgehead atoms. The van der Waals surface area contributed by atoms with Gasteiger partial charge in [0, 0.05) is 66.1 Å². The van der Waals surface area contributed by atoms with Crippen molar-refractivity contribution in [3.05, 3.63) is 376 Å². The van der Waals surface area contributed by atoms with E-state index in [1.54, 1.807) is 0 Å². The number of benzene rings is 19. The van der Waals surface area contributed by atoms with Crippen molar-refractivity contribution in [1.82, 2.24) is 0 Å². The van der Waals surface area contributed by atoms with Gasteiger partial charge in [-0.15, -0.1) is 0 Å². The largest absolute Gasteiger partial charge is 0.455 e. The molecule has 0 saturated heterocycles. The molecule has 0 fully saturated rings. The molecule has 476 valence electrons. The van der Waals surface area contributed by atoms with Crippen molar-refractivity contribution in [2.24, 2.45) is 0 Å². The Hall–Kier alpha value is -13.5. The number of anilines is 6. The molecule has 0 amide bonds. The summed E-state index contributed by atoms with van der Waals surface area (Å²) in [5.74, 6) is 0. The van der Waals surface area contributed by atoms with E-state index in [1.165, 1.54) is 98.0 Å². The Bertz CT molecular complexity index is 6870. The maximum absolute atomic E-state index is 6.54. The van der Waals surface area contributed by atoms with Gasteiger partial charge in [-0.3, -0.25) is 0 Å². The second-order valence-electron chi connectivity index (χ2n) is 26.6. The summed E-state index contributed by atoms with van der Waals surface area (Å²) in [5, 5.41) is 24.0. The second-order valence-corrected chi connectivity index (χ2v) is 26.6. The molecule has 0 radical (unpaired) electrons. The predicted octanol–water partition coefficient (Wildman–Crippen LogP) is 28.3. The fraction of sp³-hybridized carbons (Fsp3) is 0. The van der Waals surface area contributed by atoms with E-state index < -0.39 is 0 Å². The smallest absolute Gasteiger partial charge is 0.143 e. The maximum Gasteiger partial charge on any atom is 0.143 e. The highest BCUT2D eigenvalue weighted by Crippen LogP contribution is 2.47. The molecule has 4 nitrogen and oxygen atoms in total. The van der Waals surface area contributed by atoms with Crippen LogP contribution in [0.3, 0.4) is 0 Å². The summed E-state index contributed by atoms with van der Waals surface area (Å²) < 4.78 is 13.0. The first-order valence-electron chi connectivity index (χ1n) is 34.9. The molecule has 0 unspecified atom stereocenters. The molecular weight excluding hydrogens is 1240 g/mol. The van der Waals surface area contributed by atoms with Crippen molar-refractivity contribution < 1.29 is 8.83 Å². The minimum absolute atomic E-state index is 0.906. The van der Waals surface area contributed by atoms with Crippen molar-refractivity contribution in [2.75, 3.05) is 9.80 Å². The van der Waals surface area contributed by atoms with Crippen LogP contribution in [0, 0.1) is 0 Å². The minimum Gasteiger partial charge on any atom is -0.455 e. The SMILES string of the molecule is c1ccc2c(-c3ccc(-c4ccc(N(c5ccc6ccc7c8ccccc8oc7c6c5)c5cc6ccccc6c6ccccc56)cc4)cc3)cccc2c1.c1ccc2c(-c3ccc(N(c4ccc5c(ccc6ccccc65)c4)c4ccc5ccc6c7ccccc7oc6c5c4)cc3)cccc2c1. The lowest BCUT2D eigenvalue weighted by molar-refractivity contribution is 0.672. The third kappa shape index (κ3) is 9.99. The van der Waals surface area contributed by atoms with Gasteiger partial charge < -0.3 is 18.6 Å². The molecule has 2 heterocycles. The highest BCUT2D eigenvalue weighted by Gasteiger charge is 2.22. The fourth-order valence-corrected chi connectivity index (χ4v) is 15.9. The van der Waals surface area contributed by atoms with Crippen LogP contribution >= 0.6 is 0 Å². The number of furan rings is 2. The molecule has 0 atom stereocenters. The first-order chi connectivity index (χ1) is 50.5. The molecule has 2 aromatic heterocycles. The molecule has 0 aliphatic heterocycles. The Morgan fingerprint density at radius 3 is 1.06 bits per heavy atom. The Balaban J connectivity index is 0.000000138. The number of rotatable bonds is 9. The van der Waals surface area contributed by atoms with Crippen LogP contribution < -0.4 is 9.80 Å². The van der Waals surface area contributed by atoms with Crippen molar-refractivity contribution in [3.63, 3.8) is 0 Å². The molecule has 21 rings (SSSR count). The van der Waals surface area contributed by atoms with E-state index >= 15 is 0 Å². The molecule has 4 heteroatoms. The average molecular weight is 1300 g/mol. The summed E-state index contributed by atoms with van der Waals surface area (Å²) >= 11 is 0. The van der Waals surface area contributed by atoms with E-state index in [0.717, 1.165) is 99.5 Å². The van der Waals surface area contributed by atoms with E-state index in [4.69, 9.17) is 8.83 Å². The summed E-state index contributed by atoms with van der Waals surface area (Å²) in [6, 6.07) is 136. The zero-order chi connectivity index (χ0) is 67.2. The molecular formula is C98H62N2O2. The van der Waals surface area contributed by atoms with Crippen LogP contribution in [0.2, 0.25) is 0 Å². The number of nitrogens with zero attached hydrogens (tertiary/aromatic N) is 2. The highest BCUT2D eigenvalue weighted by atomic mass is 16.3. The van der Waals surface area contributed by atoms with Gasteiger partial charge in [-0.05, 0) is 194 Å². The molecule has 21 aromatic rings. The Labute approximate surface area is 588 Å². The molecule has 0 aliphatic carbocycles. The fourth-order valence-electron chi connectivity index (χ4n) is 15.9. The van der Waals surface area contributed by atoms with Crippen LogP contribution in [0.15, 0.2) is 385 Å². The Morgan fingerprint density at radius 1 is 0.167 bits per heavy atom. The lowest BCUT2D eigenvalue weighted by atomic mass is 9.96. The molecule has 0 N–H and O–H groups in total. The van der Waals surface area contributed by atoms with Crippen LogP contribution in [-0.2, 0) is 0 Å². The van der Waals surface area contributed by atoms with Crippen molar-refractivity contribution in [2.45, 2.75) is 0 Å². The van der Waals surface area contributed by atoms with E-state index in [2.05, 4.69) is 368 Å². The van der Waals surface area contributed by atoms with Crippen LogP contribution in [-0.4, -0.2) is 0 Å². The zero-order valence-corrected chi connectivity index (χ0v) is 55.5. The first kappa shape index (κ1) is 58.6. The summed E-state index contributed by atoms with van der Waals surface area (Å²) in [6.45, 7) is 0. The van der Waals surface area contributed by atoms with E-state index in [-0.39, 0.29) is 0 Å². The van der Waals surface area contributed by atoms with E-state index in [1.807, 2.05) is 18.2 Å². The lowest BCUT2D eigenvalue weighted by Crippen LogP contribution is -2.10. The van der Waals surface area contributed by atoms with Gasteiger partial charge in [-0.2, -0.15) is 0 Å². The van der Waals surface area contributed by atoms with Crippen LogP contribution in [0.25, 0.3) is 163 Å². The average Bonchev–Trinajstić information content (AvgIpc) is 1.40. The van der Waals surface area contributed by atoms with Crippen molar-refractivity contribution in [1.29, 1.82) is 0 Å². The Morgan fingerprint density at radius 2 is 0.490 bits per heavy atom. The van der Waals surface area contributed by atoms with E-state index in [0.29, 0.717) is 0 Å². The zero-order valence-electron chi connectivity index (χ0n) is 55.5. The highest BCUT2D eigenvalue weighted by molar-refractivity contribution is 6.19. The summed E-state index contributed by atoms with van der Waals surface area (Å²) in [6.07, 6.45) is 0. The Kier molecular flexibility index (Phi) is 13.9. The molecule has 102 heavy (non-hydrogen) atoms. The van der Waals surface area contributed by atoms with Gasteiger partial charge in [0.15, 0.2) is 0 Å². The van der Waals surface area contributed by atoms with Gasteiger partial charge in [0.1, 0.15) is 22.3 Å². The van der Waals surface area contributed by atoms with Gasteiger partial charge in [-0.25, -0.2) is 0 Å². The molecule has 0 spiro atoms. The van der Waals surface area contributed by atoms with Crippen molar-refractivity contribution >= 4 is 164 Å². The van der Waals surface area contributed by atoms with Crippen LogP contribution in [0.4, 0.5) is 34.1 Å². The van der Waals surface area contributed by atoms with Gasteiger partial charge in [0.05, 0.1) is 5.69 Å². The predicted molar refractivity (Wildman–Crippen MR) is 433 cm³/mol. The molecule has 19 aromatic carbocycles. The van der Waals surface area contributed by atoms with Gasteiger partial charge in [0.25, 0.3) is 0 Å². The summed E-state index contributed by atoms with van der Waals surface area (Å²) in [5.41, 5.74) is 17.5. The summed E-state index contributed by atoms with van der Waals surface area (Å²) in [4.78, 5) is 4.77. The number of fused-ring (bicyclic) bond motifs is 18. The van der Waals surface area contributed by atoms with E-state index in [9.17, 15) is 0 Å².